The molecule has 0 aromatic carbocycles. The Kier molecular flexibility index (Phi) is 5.06. The van der Waals surface area contributed by atoms with E-state index in [4.69, 9.17) is 0 Å². The molecule has 0 heterocycles. The number of oxime groups is 1. The molecule has 0 aliphatic rings. The summed E-state index contributed by atoms with van der Waals surface area (Å²) >= 11 is 0. The fourth-order valence-corrected chi connectivity index (χ4v) is 0.745. The van der Waals surface area contributed by atoms with Crippen molar-refractivity contribution in [1.82, 2.24) is 0 Å². The first-order valence-electron chi connectivity index (χ1n) is 3.66. The van der Waals surface area contributed by atoms with Gasteiger partial charge in [-0.05, 0) is 19.4 Å². The molecule has 4 nitrogen and oxygen atoms in total. The maximum Gasteiger partial charge on any atom is 0.325 e. The SMILES string of the molecule is C=CC/C=C\C(C)=N\OS(C)(=O)=O. The van der Waals surface area contributed by atoms with Crippen LogP contribution in [0.3, 0.4) is 0 Å². The molecule has 5 heteroatoms. The van der Waals surface area contributed by atoms with Gasteiger partial charge >= 0.3 is 10.1 Å². The van der Waals surface area contributed by atoms with E-state index < -0.39 is 10.1 Å². The van der Waals surface area contributed by atoms with Crippen molar-refractivity contribution in [2.45, 2.75) is 13.3 Å². The third kappa shape index (κ3) is 8.81. The lowest BCUT2D eigenvalue weighted by molar-refractivity contribution is 0.343. The van der Waals surface area contributed by atoms with Gasteiger partial charge in [0.1, 0.15) is 0 Å². The molecule has 0 aliphatic heterocycles. The van der Waals surface area contributed by atoms with E-state index in [1.165, 1.54) is 0 Å². The van der Waals surface area contributed by atoms with E-state index >= 15 is 0 Å². The lowest BCUT2D eigenvalue weighted by Gasteiger charge is -1.93. The smallest absolute Gasteiger partial charge is 0.268 e. The summed E-state index contributed by atoms with van der Waals surface area (Å²) in [5.41, 5.74) is 0.493. The molecule has 0 spiro atoms. The van der Waals surface area contributed by atoms with Crippen LogP contribution < -0.4 is 0 Å². The molecule has 0 radical (unpaired) electrons. The van der Waals surface area contributed by atoms with Gasteiger partial charge in [-0.15, -0.1) is 6.58 Å². The van der Waals surface area contributed by atoms with Gasteiger partial charge in [0.15, 0.2) is 0 Å². The fourth-order valence-electron chi connectivity index (χ4n) is 0.492. The summed E-state index contributed by atoms with van der Waals surface area (Å²) in [4.78, 5) is 0. The average Bonchev–Trinajstić information content (AvgIpc) is 2.00. The maximum absolute atomic E-state index is 10.5. The highest BCUT2D eigenvalue weighted by Crippen LogP contribution is 1.91. The topological polar surface area (TPSA) is 55.7 Å². The average molecular weight is 203 g/mol. The van der Waals surface area contributed by atoms with E-state index in [0.29, 0.717) is 12.1 Å². The van der Waals surface area contributed by atoms with Crippen LogP contribution in [0.25, 0.3) is 0 Å². The molecule has 0 amide bonds. The van der Waals surface area contributed by atoms with Crippen LogP contribution in [0.5, 0.6) is 0 Å². The number of nitrogens with zero attached hydrogens (tertiary/aromatic N) is 1. The van der Waals surface area contributed by atoms with Gasteiger partial charge in [0.2, 0.25) is 0 Å². The highest BCUT2D eigenvalue weighted by Gasteiger charge is 1.98. The Bertz CT molecular complexity index is 314. The second-order valence-corrected chi connectivity index (χ2v) is 4.00. The van der Waals surface area contributed by atoms with Crippen molar-refractivity contribution in [1.29, 1.82) is 0 Å². The standard InChI is InChI=1S/C8H13NO3S/c1-4-5-6-7-8(2)9-12-13(3,10)11/h4,6-7H,1,5H2,2-3H3/b7-6-,9-8+. The zero-order chi connectivity index (χ0) is 10.3. The normalized spacial score (nSPS) is 13.2. The molecule has 74 valence electrons. The second kappa shape index (κ2) is 5.53. The van der Waals surface area contributed by atoms with E-state index in [9.17, 15) is 8.42 Å². The summed E-state index contributed by atoms with van der Waals surface area (Å²) in [7, 11) is -3.49. The van der Waals surface area contributed by atoms with Crippen molar-refractivity contribution in [3.05, 3.63) is 24.8 Å². The van der Waals surface area contributed by atoms with Crippen molar-refractivity contribution in [2.24, 2.45) is 5.16 Å². The molecule has 0 N–H and O–H groups in total. The molecule has 0 aromatic heterocycles. The van der Waals surface area contributed by atoms with Crippen molar-refractivity contribution in [2.75, 3.05) is 6.26 Å². The zero-order valence-electron chi connectivity index (χ0n) is 7.73. The predicted molar refractivity (Wildman–Crippen MR) is 53.0 cm³/mol. The fraction of sp³-hybridized carbons (Fsp3) is 0.375. The number of hydrogen-bond donors (Lipinski definition) is 0. The van der Waals surface area contributed by atoms with E-state index in [1.807, 2.05) is 0 Å². The Morgan fingerprint density at radius 2 is 2.23 bits per heavy atom. The Balaban J connectivity index is 4.11. The van der Waals surface area contributed by atoms with Crippen LogP contribution in [0.15, 0.2) is 30.0 Å². The third-order valence-electron chi connectivity index (χ3n) is 0.978. The van der Waals surface area contributed by atoms with E-state index in [2.05, 4.69) is 16.0 Å². The highest BCUT2D eigenvalue weighted by molar-refractivity contribution is 7.85. The molecule has 0 fully saturated rings. The molecule has 0 saturated carbocycles. The molecule has 0 atom stereocenters. The summed E-state index contributed by atoms with van der Waals surface area (Å²) < 4.78 is 25.2. The first-order chi connectivity index (χ1) is 5.95. The van der Waals surface area contributed by atoms with Crippen LogP contribution >= 0.6 is 0 Å². The minimum Gasteiger partial charge on any atom is -0.268 e. The van der Waals surface area contributed by atoms with Gasteiger partial charge in [0.05, 0.1) is 12.0 Å². The van der Waals surface area contributed by atoms with Crippen LogP contribution in [0.1, 0.15) is 13.3 Å². The van der Waals surface area contributed by atoms with Gasteiger partial charge in [-0.25, -0.2) is 0 Å². The molecule has 0 aliphatic carbocycles. The molecule has 13 heavy (non-hydrogen) atoms. The number of hydrogen-bond acceptors (Lipinski definition) is 4. The first-order valence-corrected chi connectivity index (χ1v) is 5.48. The van der Waals surface area contributed by atoms with Crippen LogP contribution in [-0.2, 0) is 14.4 Å². The number of allylic oxidation sites excluding steroid dienone is 3. The minimum atomic E-state index is -3.49. The van der Waals surface area contributed by atoms with Gasteiger partial charge < -0.3 is 0 Å². The Morgan fingerprint density at radius 1 is 1.62 bits per heavy atom. The lowest BCUT2D eigenvalue weighted by atomic mass is 10.3. The minimum absolute atomic E-state index is 0.493. The largest absolute Gasteiger partial charge is 0.325 e. The third-order valence-corrected chi connectivity index (χ3v) is 1.32. The lowest BCUT2D eigenvalue weighted by Crippen LogP contribution is -1.98. The van der Waals surface area contributed by atoms with Crippen LogP contribution in [0.2, 0.25) is 0 Å². The van der Waals surface area contributed by atoms with E-state index in [1.54, 1.807) is 25.2 Å². The molecule has 0 bridgehead atoms. The summed E-state index contributed by atoms with van der Waals surface area (Å²) in [5.74, 6) is 0. The summed E-state index contributed by atoms with van der Waals surface area (Å²) in [5, 5.41) is 3.37. The van der Waals surface area contributed by atoms with E-state index in [0.717, 1.165) is 6.26 Å². The zero-order valence-corrected chi connectivity index (χ0v) is 8.54. The van der Waals surface area contributed by atoms with Crippen LogP contribution in [0, 0.1) is 0 Å². The summed E-state index contributed by atoms with van der Waals surface area (Å²) in [6.07, 6.45) is 6.84. The molecule has 0 aromatic rings. The van der Waals surface area contributed by atoms with Crippen molar-refractivity contribution >= 4 is 15.8 Å². The molecule has 0 unspecified atom stereocenters. The molecular formula is C8H13NO3S. The second-order valence-electron chi connectivity index (χ2n) is 2.44. The summed E-state index contributed by atoms with van der Waals surface area (Å²) in [6, 6.07) is 0. The van der Waals surface area contributed by atoms with Crippen LogP contribution in [-0.4, -0.2) is 20.4 Å². The molecule has 0 rings (SSSR count). The Labute approximate surface area is 78.7 Å². The maximum atomic E-state index is 10.5. The quantitative estimate of drug-likeness (QED) is 0.386. The molecular weight excluding hydrogens is 190 g/mol. The highest BCUT2D eigenvalue weighted by atomic mass is 32.2. The van der Waals surface area contributed by atoms with E-state index in [-0.39, 0.29) is 0 Å². The Hall–Kier alpha value is -1.10. The summed E-state index contributed by atoms with van der Waals surface area (Å²) in [6.45, 7) is 5.17. The van der Waals surface area contributed by atoms with Gasteiger partial charge in [0, 0.05) is 0 Å². The Morgan fingerprint density at radius 3 is 2.69 bits per heavy atom. The van der Waals surface area contributed by atoms with Crippen molar-refractivity contribution in [3.8, 4) is 0 Å². The van der Waals surface area contributed by atoms with Gasteiger partial charge in [-0.1, -0.05) is 17.3 Å². The van der Waals surface area contributed by atoms with Gasteiger partial charge in [0.25, 0.3) is 0 Å². The van der Waals surface area contributed by atoms with Gasteiger partial charge in [-0.3, -0.25) is 4.28 Å². The first kappa shape index (κ1) is 11.9. The van der Waals surface area contributed by atoms with Crippen LogP contribution in [0.4, 0.5) is 0 Å². The molecule has 0 saturated heterocycles. The monoisotopic (exact) mass is 203 g/mol. The van der Waals surface area contributed by atoms with Gasteiger partial charge in [-0.2, -0.15) is 8.42 Å². The van der Waals surface area contributed by atoms with Crippen molar-refractivity contribution in [3.63, 3.8) is 0 Å². The predicted octanol–water partition coefficient (Wildman–Crippen LogP) is 1.47. The number of rotatable bonds is 5. The van der Waals surface area contributed by atoms with Crippen molar-refractivity contribution < 1.29 is 12.7 Å².